The Morgan fingerprint density at radius 2 is 2.06 bits per heavy atom. The number of hydrogen-bond donors (Lipinski definition) is 1. The highest BCUT2D eigenvalue weighted by molar-refractivity contribution is 5.85. The summed E-state index contributed by atoms with van der Waals surface area (Å²) in [6, 6.07) is 0. The van der Waals surface area contributed by atoms with Gasteiger partial charge in [0.15, 0.2) is 5.75 Å². The Kier molecular flexibility index (Phi) is 9.96. The molecule has 0 radical (unpaired) electrons. The molecule has 1 rings (SSSR count). The largest absolute Gasteiger partial charge is 0.490 e. The van der Waals surface area contributed by atoms with E-state index in [-0.39, 0.29) is 12.4 Å². The maximum Gasteiger partial charge on any atom is 0.157 e. The molecule has 0 saturated heterocycles. The van der Waals surface area contributed by atoms with Gasteiger partial charge in [0.05, 0.1) is 25.5 Å². The van der Waals surface area contributed by atoms with Gasteiger partial charge >= 0.3 is 0 Å². The third-order valence-corrected chi connectivity index (χ3v) is 2.48. The molecule has 5 heteroatoms. The molecule has 17 heavy (non-hydrogen) atoms. The summed E-state index contributed by atoms with van der Waals surface area (Å²) in [6.07, 6.45) is 9.96. The van der Waals surface area contributed by atoms with E-state index < -0.39 is 0 Å². The van der Waals surface area contributed by atoms with Gasteiger partial charge in [0, 0.05) is 6.54 Å². The molecule has 0 aromatic carbocycles. The summed E-state index contributed by atoms with van der Waals surface area (Å²) in [6.45, 7) is 4.37. The lowest BCUT2D eigenvalue weighted by atomic mass is 10.2. The molecule has 0 aliphatic rings. The van der Waals surface area contributed by atoms with Crippen LogP contribution in [-0.4, -0.2) is 22.9 Å². The van der Waals surface area contributed by atoms with Crippen molar-refractivity contribution in [1.29, 1.82) is 0 Å². The van der Waals surface area contributed by atoms with E-state index in [1.807, 2.05) is 10.9 Å². The van der Waals surface area contributed by atoms with Crippen LogP contribution >= 0.6 is 12.4 Å². The van der Waals surface area contributed by atoms with Crippen molar-refractivity contribution in [2.75, 3.05) is 13.2 Å². The molecule has 1 aromatic rings. The molecule has 1 aromatic heterocycles. The van der Waals surface area contributed by atoms with Gasteiger partial charge in [-0.3, -0.25) is 4.68 Å². The molecule has 2 N–H and O–H groups in total. The summed E-state index contributed by atoms with van der Waals surface area (Å²) >= 11 is 0. The van der Waals surface area contributed by atoms with Crippen molar-refractivity contribution in [1.82, 2.24) is 9.78 Å². The minimum Gasteiger partial charge on any atom is -0.490 e. The first-order valence-electron chi connectivity index (χ1n) is 6.22. The van der Waals surface area contributed by atoms with Gasteiger partial charge in [-0.1, -0.05) is 32.6 Å². The normalized spacial score (nSPS) is 10.0. The first kappa shape index (κ1) is 16.3. The number of halogens is 1. The molecule has 4 nitrogen and oxygen atoms in total. The molecule has 0 aliphatic carbocycles. The molecule has 0 bridgehead atoms. The van der Waals surface area contributed by atoms with E-state index in [1.54, 1.807) is 6.20 Å². The van der Waals surface area contributed by atoms with Crippen LogP contribution in [0.5, 0.6) is 5.75 Å². The molecule has 0 unspecified atom stereocenters. The van der Waals surface area contributed by atoms with Gasteiger partial charge in [0.1, 0.15) is 0 Å². The Bertz CT molecular complexity index is 278. The summed E-state index contributed by atoms with van der Waals surface area (Å²) in [4.78, 5) is 0. The van der Waals surface area contributed by atoms with Crippen LogP contribution in [0.25, 0.3) is 0 Å². The Balaban J connectivity index is 0.00000256. The third kappa shape index (κ3) is 7.23. The van der Waals surface area contributed by atoms with Crippen molar-refractivity contribution in [3.63, 3.8) is 0 Å². The maximum atomic E-state index is 5.59. The lowest BCUT2D eigenvalue weighted by Gasteiger charge is -2.02. The zero-order chi connectivity index (χ0) is 11.6. The highest BCUT2D eigenvalue weighted by Gasteiger charge is 1.98. The smallest absolute Gasteiger partial charge is 0.157 e. The van der Waals surface area contributed by atoms with E-state index >= 15 is 0 Å². The van der Waals surface area contributed by atoms with Crippen molar-refractivity contribution in [2.24, 2.45) is 5.73 Å². The Hall–Kier alpha value is -0.740. The van der Waals surface area contributed by atoms with E-state index in [0.717, 1.165) is 25.3 Å². The monoisotopic (exact) mass is 261 g/mol. The van der Waals surface area contributed by atoms with Crippen molar-refractivity contribution >= 4 is 12.4 Å². The average molecular weight is 262 g/mol. The minimum atomic E-state index is 0. The number of aromatic nitrogens is 2. The van der Waals surface area contributed by atoms with Gasteiger partial charge in [-0.15, -0.1) is 12.4 Å². The van der Waals surface area contributed by atoms with Crippen molar-refractivity contribution in [3.8, 4) is 5.75 Å². The Morgan fingerprint density at radius 3 is 2.76 bits per heavy atom. The van der Waals surface area contributed by atoms with Crippen molar-refractivity contribution < 1.29 is 4.74 Å². The van der Waals surface area contributed by atoms with Gasteiger partial charge in [-0.05, 0) is 6.42 Å². The number of nitrogens with zero attached hydrogens (tertiary/aromatic N) is 2. The van der Waals surface area contributed by atoms with Crippen LogP contribution < -0.4 is 10.5 Å². The number of ether oxygens (including phenoxy) is 1. The highest BCUT2D eigenvalue weighted by Crippen LogP contribution is 2.09. The van der Waals surface area contributed by atoms with Crippen LogP contribution in [0.15, 0.2) is 12.4 Å². The molecule has 0 spiro atoms. The number of rotatable bonds is 9. The van der Waals surface area contributed by atoms with E-state index in [0.29, 0.717) is 6.54 Å². The number of nitrogens with two attached hydrogens (primary N) is 1. The molecule has 0 fully saturated rings. The van der Waals surface area contributed by atoms with Gasteiger partial charge in [-0.25, -0.2) is 0 Å². The predicted octanol–water partition coefficient (Wildman–Crippen LogP) is 2.61. The second-order valence-corrected chi connectivity index (χ2v) is 3.99. The van der Waals surface area contributed by atoms with Gasteiger partial charge in [0.2, 0.25) is 0 Å². The van der Waals surface area contributed by atoms with Crippen LogP contribution in [0, 0.1) is 0 Å². The van der Waals surface area contributed by atoms with Gasteiger partial charge in [-0.2, -0.15) is 5.10 Å². The number of unbranched alkanes of at least 4 members (excludes halogenated alkanes) is 4. The van der Waals surface area contributed by atoms with Crippen molar-refractivity contribution in [2.45, 2.75) is 45.6 Å². The molecule has 0 atom stereocenters. The molecule has 0 amide bonds. The number of hydrogen-bond acceptors (Lipinski definition) is 3. The average Bonchev–Trinajstić information content (AvgIpc) is 2.72. The van der Waals surface area contributed by atoms with Crippen LogP contribution in [0.2, 0.25) is 0 Å². The quantitative estimate of drug-likeness (QED) is 0.696. The lowest BCUT2D eigenvalue weighted by molar-refractivity contribution is 0.304. The minimum absolute atomic E-state index is 0. The first-order chi connectivity index (χ1) is 7.86. The van der Waals surface area contributed by atoms with Crippen molar-refractivity contribution in [3.05, 3.63) is 12.4 Å². The molecule has 100 valence electrons. The van der Waals surface area contributed by atoms with E-state index in [1.165, 1.54) is 25.7 Å². The van der Waals surface area contributed by atoms with Crippen LogP contribution in [0.1, 0.15) is 39.0 Å². The van der Waals surface area contributed by atoms with Crippen LogP contribution in [0.4, 0.5) is 0 Å². The van der Waals surface area contributed by atoms with E-state index in [4.69, 9.17) is 10.5 Å². The zero-order valence-electron chi connectivity index (χ0n) is 10.6. The van der Waals surface area contributed by atoms with E-state index in [9.17, 15) is 0 Å². The Labute approximate surface area is 110 Å². The predicted molar refractivity (Wildman–Crippen MR) is 72.8 cm³/mol. The molecule has 0 aliphatic heterocycles. The Morgan fingerprint density at radius 1 is 1.29 bits per heavy atom. The first-order valence-corrected chi connectivity index (χ1v) is 6.22. The lowest BCUT2D eigenvalue weighted by Crippen LogP contribution is -2.09. The molecular weight excluding hydrogens is 238 g/mol. The fourth-order valence-electron chi connectivity index (χ4n) is 1.57. The summed E-state index contributed by atoms with van der Waals surface area (Å²) in [5.74, 6) is 0.851. The van der Waals surface area contributed by atoms with Crippen LogP contribution in [0.3, 0.4) is 0 Å². The van der Waals surface area contributed by atoms with Gasteiger partial charge in [0.25, 0.3) is 0 Å². The van der Waals surface area contributed by atoms with Gasteiger partial charge < -0.3 is 10.5 Å². The second-order valence-electron chi connectivity index (χ2n) is 3.99. The molecule has 1 heterocycles. The topological polar surface area (TPSA) is 53.1 Å². The summed E-state index contributed by atoms with van der Waals surface area (Å²) in [7, 11) is 0. The maximum absolute atomic E-state index is 5.59. The third-order valence-electron chi connectivity index (χ3n) is 2.48. The van der Waals surface area contributed by atoms with Crippen LogP contribution in [-0.2, 0) is 6.54 Å². The summed E-state index contributed by atoms with van der Waals surface area (Å²) in [5, 5.41) is 4.15. The van der Waals surface area contributed by atoms with E-state index in [2.05, 4.69) is 12.0 Å². The molecular formula is C12H24ClN3O. The highest BCUT2D eigenvalue weighted by atomic mass is 35.5. The zero-order valence-corrected chi connectivity index (χ0v) is 11.4. The fourth-order valence-corrected chi connectivity index (χ4v) is 1.57. The molecule has 0 saturated carbocycles. The summed E-state index contributed by atoms with van der Waals surface area (Å²) in [5.41, 5.74) is 5.44. The standard InChI is InChI=1S/C12H23N3O.ClH/c1-2-3-4-5-6-9-16-12-10-14-15(11-12)8-7-13;/h10-11H,2-9,13H2,1H3;1H. The fraction of sp³-hybridized carbons (Fsp3) is 0.750. The summed E-state index contributed by atoms with van der Waals surface area (Å²) < 4.78 is 7.40. The SMILES string of the molecule is CCCCCCCOc1cnn(CCN)c1.Cl. The second kappa shape index (κ2) is 10.4.